The van der Waals surface area contributed by atoms with Gasteiger partial charge in [0.25, 0.3) is 10.0 Å². The summed E-state index contributed by atoms with van der Waals surface area (Å²) in [6, 6.07) is 6.06. The van der Waals surface area contributed by atoms with Crippen LogP contribution in [0.2, 0.25) is 5.02 Å². The summed E-state index contributed by atoms with van der Waals surface area (Å²) in [7, 11) is -3.56. The molecule has 1 aromatic carbocycles. The van der Waals surface area contributed by atoms with Crippen LogP contribution in [-0.4, -0.2) is 28.1 Å². The maximum Gasteiger partial charge on any atom is 0.257 e. The van der Waals surface area contributed by atoms with Crippen molar-refractivity contribution in [1.29, 1.82) is 0 Å². The lowest BCUT2D eigenvalue weighted by atomic mass is 10.2. The third kappa shape index (κ3) is 3.96. The molecule has 0 fully saturated rings. The van der Waals surface area contributed by atoms with Crippen molar-refractivity contribution in [2.24, 2.45) is 0 Å². The third-order valence-corrected chi connectivity index (χ3v) is 4.87. The first-order valence-electron chi connectivity index (χ1n) is 6.57. The number of rotatable bonds is 5. The van der Waals surface area contributed by atoms with Crippen LogP contribution in [0.5, 0.6) is 0 Å². The van der Waals surface area contributed by atoms with E-state index in [2.05, 4.69) is 17.2 Å². The second kappa shape index (κ2) is 6.58. The largest absolute Gasteiger partial charge is 0.332 e. The SMILES string of the molecule is CC[NH+]1CC=C(NNS(=O)(=O)c2ccc(Cl)cc2)CC1. The molecule has 1 heterocycles. The van der Waals surface area contributed by atoms with Crippen LogP contribution in [0.4, 0.5) is 0 Å². The summed E-state index contributed by atoms with van der Waals surface area (Å²) >= 11 is 5.75. The normalized spacial score (nSPS) is 19.5. The number of nitrogens with one attached hydrogen (secondary N) is 3. The van der Waals surface area contributed by atoms with Crippen LogP contribution in [0.1, 0.15) is 13.3 Å². The van der Waals surface area contributed by atoms with Crippen molar-refractivity contribution in [1.82, 2.24) is 10.3 Å². The summed E-state index contributed by atoms with van der Waals surface area (Å²) in [5.41, 5.74) is 3.71. The monoisotopic (exact) mass is 316 g/mol. The minimum atomic E-state index is -3.56. The second-order valence-corrected chi connectivity index (χ2v) is 6.84. The Morgan fingerprint density at radius 2 is 2.00 bits per heavy atom. The molecular weight excluding hydrogens is 298 g/mol. The lowest BCUT2D eigenvalue weighted by molar-refractivity contribution is -0.893. The molecule has 0 aliphatic carbocycles. The van der Waals surface area contributed by atoms with Crippen molar-refractivity contribution in [2.45, 2.75) is 18.2 Å². The lowest BCUT2D eigenvalue weighted by Crippen LogP contribution is -3.12. The number of sulfonamides is 1. The van der Waals surface area contributed by atoms with Crippen LogP contribution in [0.15, 0.2) is 40.9 Å². The molecular formula is C13H19ClN3O2S+. The standard InChI is InChI=1S/C13H18ClN3O2S/c1-2-17-9-7-12(8-10-17)15-16-20(18,19)13-5-3-11(14)4-6-13/h3-7,15-16H,2,8-10H2,1H3/p+1. The van der Waals surface area contributed by atoms with Gasteiger partial charge in [-0.3, -0.25) is 0 Å². The molecule has 1 aromatic rings. The van der Waals surface area contributed by atoms with Crippen molar-refractivity contribution >= 4 is 21.6 Å². The highest BCUT2D eigenvalue weighted by Crippen LogP contribution is 2.13. The highest BCUT2D eigenvalue weighted by atomic mass is 35.5. The van der Waals surface area contributed by atoms with Gasteiger partial charge in [0, 0.05) is 17.1 Å². The Morgan fingerprint density at radius 3 is 2.55 bits per heavy atom. The van der Waals surface area contributed by atoms with E-state index < -0.39 is 10.0 Å². The minimum Gasteiger partial charge on any atom is -0.332 e. The molecule has 110 valence electrons. The van der Waals surface area contributed by atoms with E-state index in [4.69, 9.17) is 11.6 Å². The van der Waals surface area contributed by atoms with Crippen molar-refractivity contribution in [2.75, 3.05) is 19.6 Å². The Morgan fingerprint density at radius 1 is 1.30 bits per heavy atom. The maximum atomic E-state index is 12.1. The van der Waals surface area contributed by atoms with Gasteiger partial charge >= 0.3 is 0 Å². The van der Waals surface area contributed by atoms with Crippen molar-refractivity contribution in [3.05, 3.63) is 41.1 Å². The minimum absolute atomic E-state index is 0.187. The number of likely N-dealkylation sites (N-methyl/N-ethyl adjacent to an activating group) is 1. The molecule has 0 aromatic heterocycles. The van der Waals surface area contributed by atoms with Gasteiger partial charge < -0.3 is 10.3 Å². The molecule has 0 saturated heterocycles. The molecule has 1 aliphatic heterocycles. The fourth-order valence-electron chi connectivity index (χ4n) is 2.02. The molecule has 0 amide bonds. The molecule has 1 unspecified atom stereocenters. The fourth-order valence-corrected chi connectivity index (χ4v) is 3.03. The van der Waals surface area contributed by atoms with Crippen molar-refractivity contribution in [3.8, 4) is 0 Å². The molecule has 3 N–H and O–H groups in total. The molecule has 2 rings (SSSR count). The topological polar surface area (TPSA) is 62.6 Å². The Balaban J connectivity index is 1.96. The van der Waals surface area contributed by atoms with Gasteiger partial charge in [-0.05, 0) is 37.3 Å². The molecule has 0 spiro atoms. The van der Waals surface area contributed by atoms with Crippen LogP contribution in [0.25, 0.3) is 0 Å². The Kier molecular flexibility index (Phi) is 5.04. The molecule has 1 aliphatic rings. The van der Waals surface area contributed by atoms with Gasteiger partial charge in [-0.25, -0.2) is 8.42 Å². The van der Waals surface area contributed by atoms with Crippen molar-refractivity contribution in [3.63, 3.8) is 0 Å². The first kappa shape index (κ1) is 15.3. The van der Waals surface area contributed by atoms with E-state index in [1.165, 1.54) is 17.0 Å². The molecule has 7 heteroatoms. The smallest absolute Gasteiger partial charge is 0.257 e. The number of benzene rings is 1. The summed E-state index contributed by atoms with van der Waals surface area (Å²) in [6.45, 7) is 5.16. The van der Waals surface area contributed by atoms with E-state index >= 15 is 0 Å². The number of quaternary nitrogens is 1. The molecule has 5 nitrogen and oxygen atoms in total. The number of hydrazine groups is 1. The Bertz CT molecular complexity index is 584. The molecule has 20 heavy (non-hydrogen) atoms. The van der Waals surface area contributed by atoms with Crippen LogP contribution < -0.4 is 15.2 Å². The summed E-state index contributed by atoms with van der Waals surface area (Å²) in [6.07, 6.45) is 2.87. The summed E-state index contributed by atoms with van der Waals surface area (Å²) in [4.78, 5) is 4.08. The van der Waals surface area contributed by atoms with E-state index in [-0.39, 0.29) is 4.90 Å². The number of hydrogen-bond acceptors (Lipinski definition) is 3. The van der Waals surface area contributed by atoms with E-state index in [9.17, 15) is 8.42 Å². The maximum absolute atomic E-state index is 12.1. The fraction of sp³-hybridized carbons (Fsp3) is 0.385. The predicted octanol–water partition coefficient (Wildman–Crippen LogP) is 0.315. The quantitative estimate of drug-likeness (QED) is 0.685. The third-order valence-electron chi connectivity index (χ3n) is 3.35. The Labute approximate surface area is 124 Å². The lowest BCUT2D eigenvalue weighted by Gasteiger charge is -2.22. The molecule has 0 bridgehead atoms. The van der Waals surface area contributed by atoms with E-state index in [1.807, 2.05) is 6.08 Å². The predicted molar refractivity (Wildman–Crippen MR) is 78.8 cm³/mol. The van der Waals surface area contributed by atoms with E-state index in [1.54, 1.807) is 12.1 Å². The van der Waals surface area contributed by atoms with Crippen LogP contribution in [0.3, 0.4) is 0 Å². The molecule has 0 saturated carbocycles. The van der Waals surface area contributed by atoms with Crippen LogP contribution in [-0.2, 0) is 10.0 Å². The Hall–Kier alpha value is -1.08. The van der Waals surface area contributed by atoms with Crippen LogP contribution >= 0.6 is 11.6 Å². The zero-order valence-corrected chi connectivity index (χ0v) is 12.9. The molecule has 0 radical (unpaired) electrons. The first-order valence-corrected chi connectivity index (χ1v) is 8.43. The molecule has 1 atom stereocenters. The van der Waals surface area contributed by atoms with E-state index in [0.717, 1.165) is 31.8 Å². The van der Waals surface area contributed by atoms with Crippen LogP contribution in [0, 0.1) is 0 Å². The van der Waals surface area contributed by atoms with Gasteiger partial charge in [0.2, 0.25) is 0 Å². The van der Waals surface area contributed by atoms with E-state index in [0.29, 0.717) is 5.02 Å². The zero-order chi connectivity index (χ0) is 14.6. The summed E-state index contributed by atoms with van der Waals surface area (Å²) in [5.74, 6) is 0. The number of halogens is 1. The van der Waals surface area contributed by atoms with Gasteiger partial charge in [-0.15, -0.1) is 4.83 Å². The van der Waals surface area contributed by atoms with Gasteiger partial charge in [0.15, 0.2) is 0 Å². The van der Waals surface area contributed by atoms with Gasteiger partial charge in [0.1, 0.15) is 0 Å². The van der Waals surface area contributed by atoms with Gasteiger partial charge in [-0.2, -0.15) is 0 Å². The van der Waals surface area contributed by atoms with Crippen molar-refractivity contribution < 1.29 is 13.3 Å². The number of hydrogen-bond donors (Lipinski definition) is 3. The zero-order valence-electron chi connectivity index (χ0n) is 11.3. The highest BCUT2D eigenvalue weighted by Gasteiger charge is 2.16. The summed E-state index contributed by atoms with van der Waals surface area (Å²) < 4.78 is 24.1. The average molecular weight is 317 g/mol. The second-order valence-electron chi connectivity index (χ2n) is 4.72. The van der Waals surface area contributed by atoms with Gasteiger partial charge in [0.05, 0.1) is 24.5 Å². The summed E-state index contributed by atoms with van der Waals surface area (Å²) in [5, 5.41) is 0.509. The first-order chi connectivity index (χ1) is 9.51. The highest BCUT2D eigenvalue weighted by molar-refractivity contribution is 7.89. The van der Waals surface area contributed by atoms with Gasteiger partial charge in [-0.1, -0.05) is 11.6 Å². The average Bonchev–Trinajstić information content (AvgIpc) is 2.46.